The van der Waals surface area contributed by atoms with Crippen LogP contribution in [0.4, 0.5) is 0 Å². The van der Waals surface area contributed by atoms with Gasteiger partial charge in [-0.1, -0.05) is 30.0 Å². The zero-order chi connectivity index (χ0) is 18.4. The van der Waals surface area contributed by atoms with Gasteiger partial charge in [-0.05, 0) is 59.1 Å². The molecule has 25 heavy (non-hydrogen) atoms. The Kier molecular flexibility index (Phi) is 7.02. The van der Waals surface area contributed by atoms with Gasteiger partial charge in [-0.3, -0.25) is 0 Å². The van der Waals surface area contributed by atoms with E-state index in [0.29, 0.717) is 19.4 Å². The number of hydrogen-bond acceptors (Lipinski definition) is 4. The van der Waals surface area contributed by atoms with Crippen molar-refractivity contribution >= 4 is 7.94 Å². The Morgan fingerprint density at radius 2 is 1.64 bits per heavy atom. The zero-order valence-corrected chi connectivity index (χ0v) is 16.6. The van der Waals surface area contributed by atoms with Crippen LogP contribution in [-0.4, -0.2) is 30.6 Å². The van der Waals surface area contributed by atoms with Gasteiger partial charge in [0.2, 0.25) is 7.94 Å². The summed E-state index contributed by atoms with van der Waals surface area (Å²) in [5.41, 5.74) is -0.0511. The van der Waals surface area contributed by atoms with E-state index in [0.717, 1.165) is 24.8 Å². The topological polar surface area (TPSA) is 50.8 Å². The van der Waals surface area contributed by atoms with Gasteiger partial charge in [-0.2, -0.15) is 0 Å². The maximum Gasteiger partial charge on any atom is 0.239 e. The van der Waals surface area contributed by atoms with Gasteiger partial charge in [0.25, 0.3) is 0 Å². The van der Waals surface area contributed by atoms with Crippen LogP contribution in [0.15, 0.2) is 30.3 Å². The monoisotopic (exact) mass is 364 g/mol. The van der Waals surface area contributed by atoms with Crippen molar-refractivity contribution in [2.45, 2.75) is 58.2 Å². The molecular weight excluding hydrogens is 335 g/mol. The third kappa shape index (κ3) is 6.06. The van der Waals surface area contributed by atoms with E-state index in [-0.39, 0.29) is 0 Å². The van der Waals surface area contributed by atoms with Crippen LogP contribution >= 0.6 is 7.94 Å². The molecule has 0 spiro atoms. The molecule has 138 valence electrons. The number of benzene rings is 1. The van der Waals surface area contributed by atoms with Crippen LogP contribution < -0.4 is 4.89 Å². The molecule has 0 atom stereocenters. The molecule has 0 radical (unpaired) electrons. The van der Waals surface area contributed by atoms with Crippen molar-refractivity contribution in [2.24, 2.45) is 0 Å². The summed E-state index contributed by atoms with van der Waals surface area (Å²) < 4.78 is 17.0. The molecule has 0 aromatic heterocycles. The lowest BCUT2D eigenvalue weighted by molar-refractivity contribution is -0.212. The van der Waals surface area contributed by atoms with Gasteiger partial charge in [0, 0.05) is 12.2 Å². The quantitative estimate of drug-likeness (QED) is 0.418. The molecule has 1 aliphatic heterocycles. The van der Waals surface area contributed by atoms with Crippen LogP contribution in [0.25, 0.3) is 0 Å². The Hall–Kier alpha value is -0.950. The fourth-order valence-electron chi connectivity index (χ4n) is 2.49. The maximum atomic E-state index is 12.7. The lowest BCUT2D eigenvalue weighted by Crippen LogP contribution is -2.41. The summed E-state index contributed by atoms with van der Waals surface area (Å²) in [4.78, 5) is 12.7. The molecule has 0 amide bonds. The van der Waals surface area contributed by atoms with Crippen molar-refractivity contribution in [1.29, 1.82) is 0 Å². The summed E-state index contributed by atoms with van der Waals surface area (Å²) in [7, 11) is -2.98. The highest BCUT2D eigenvalue weighted by Gasteiger charge is 2.59. The number of ether oxygens (including phenoxy) is 1. The van der Waals surface area contributed by atoms with E-state index >= 15 is 0 Å². The first-order chi connectivity index (χ1) is 11.7. The minimum atomic E-state index is -2.98. The van der Waals surface area contributed by atoms with Crippen LogP contribution in [0.2, 0.25) is 0 Å². The molecule has 0 saturated carbocycles. The third-order valence-electron chi connectivity index (χ3n) is 4.59. The first-order valence-corrected chi connectivity index (χ1v) is 10.6. The summed E-state index contributed by atoms with van der Waals surface area (Å²) in [5, 5.41) is 0. The number of hydrogen-bond donors (Lipinski definition) is 0. The van der Waals surface area contributed by atoms with E-state index < -0.39 is 19.1 Å². The van der Waals surface area contributed by atoms with E-state index in [1.165, 1.54) is 0 Å². The Labute approximate surface area is 152 Å². The van der Waals surface area contributed by atoms with Crippen molar-refractivity contribution in [2.75, 3.05) is 19.4 Å². The lowest BCUT2D eigenvalue weighted by atomic mass is 9.90. The van der Waals surface area contributed by atoms with E-state index in [1.54, 1.807) is 0 Å². The Balaban J connectivity index is 1.56. The first kappa shape index (κ1) is 20.4. The summed E-state index contributed by atoms with van der Waals surface area (Å²) in [6.07, 6.45) is 3.12. The lowest BCUT2D eigenvalue weighted by Gasteiger charge is -2.25. The standard InChI is InChI=1S/C20H29O4P/c1-19(2)20(3,4)24-25(21,23-19)17-10-6-9-15-22-16-11-14-18-12-7-5-8-13-18/h5,7-8,12-13H,6,9-10,15-17H2,1-4H3. The first-order valence-electron chi connectivity index (χ1n) is 8.86. The van der Waals surface area contributed by atoms with Crippen LogP contribution in [0.1, 0.15) is 52.5 Å². The van der Waals surface area contributed by atoms with Gasteiger partial charge < -0.3 is 9.63 Å². The van der Waals surface area contributed by atoms with Crippen molar-refractivity contribution in [1.82, 2.24) is 0 Å². The van der Waals surface area contributed by atoms with Crippen LogP contribution in [0.5, 0.6) is 0 Å². The summed E-state index contributed by atoms with van der Waals surface area (Å²) in [6, 6.07) is 9.86. The second-order valence-electron chi connectivity index (χ2n) is 7.32. The molecule has 4 nitrogen and oxygen atoms in total. The van der Waals surface area contributed by atoms with Crippen molar-refractivity contribution < 1.29 is 18.7 Å². The number of unbranched alkanes of at least 4 members (excludes halogenated alkanes) is 2. The largest absolute Gasteiger partial charge is 0.631 e. The molecule has 0 N–H and O–H groups in total. The van der Waals surface area contributed by atoms with E-state index in [2.05, 4.69) is 11.8 Å². The fourth-order valence-corrected chi connectivity index (χ4v) is 5.16. The second kappa shape index (κ2) is 8.62. The molecule has 0 aliphatic carbocycles. The maximum absolute atomic E-state index is 12.7. The second-order valence-corrected chi connectivity index (χ2v) is 9.35. The highest BCUT2D eigenvalue weighted by molar-refractivity contribution is 7.59. The highest BCUT2D eigenvalue weighted by atomic mass is 31.2. The van der Waals surface area contributed by atoms with E-state index in [1.807, 2.05) is 58.0 Å². The predicted molar refractivity (Wildman–Crippen MR) is 100 cm³/mol. The van der Waals surface area contributed by atoms with Crippen molar-refractivity contribution in [3.63, 3.8) is 0 Å². The Morgan fingerprint density at radius 1 is 1.00 bits per heavy atom. The third-order valence-corrected chi connectivity index (χ3v) is 6.92. The molecule has 0 unspecified atom stereocenters. The zero-order valence-electron chi connectivity index (χ0n) is 15.7. The minimum Gasteiger partial charge on any atom is -0.631 e. The van der Waals surface area contributed by atoms with Gasteiger partial charge in [0.15, 0.2) is 0 Å². The summed E-state index contributed by atoms with van der Waals surface area (Å²) in [5.74, 6) is 6.06. The fraction of sp³-hybridized carbons (Fsp3) is 0.600. The molecule has 1 heterocycles. The molecule has 1 aromatic rings. The average molecular weight is 364 g/mol. The van der Waals surface area contributed by atoms with Crippen molar-refractivity contribution in [3.8, 4) is 11.8 Å². The Bertz CT molecular complexity index is 585. The van der Waals surface area contributed by atoms with Crippen molar-refractivity contribution in [3.05, 3.63) is 35.9 Å². The van der Waals surface area contributed by atoms with Gasteiger partial charge in [0.05, 0.1) is 0 Å². The molecular formula is C20H29O4P. The average Bonchev–Trinajstić information content (AvgIpc) is 2.69. The molecule has 1 aromatic carbocycles. The predicted octanol–water partition coefficient (Wildman–Crippen LogP) is 3.95. The van der Waals surface area contributed by atoms with Gasteiger partial charge >= 0.3 is 0 Å². The molecule has 5 heteroatoms. The normalized spacial score (nSPS) is 20.0. The number of rotatable bonds is 7. The van der Waals surface area contributed by atoms with Crippen LogP contribution in [-0.2, 0) is 13.8 Å². The molecule has 1 fully saturated rings. The van der Waals surface area contributed by atoms with E-state index in [4.69, 9.17) is 13.8 Å². The van der Waals surface area contributed by atoms with E-state index in [9.17, 15) is 4.89 Å². The smallest absolute Gasteiger partial charge is 0.239 e. The SMILES string of the molecule is CC1(C)O[P+]([O-])(CCCCCOCC#Cc2ccccc2)OC1(C)C. The molecule has 2 rings (SSSR count). The van der Waals surface area contributed by atoms with Crippen LogP contribution in [0.3, 0.4) is 0 Å². The highest BCUT2D eigenvalue weighted by Crippen LogP contribution is 2.67. The summed E-state index contributed by atoms with van der Waals surface area (Å²) in [6.45, 7) is 8.80. The van der Waals surface area contributed by atoms with Gasteiger partial charge in [0.1, 0.15) is 24.0 Å². The summed E-state index contributed by atoms with van der Waals surface area (Å²) >= 11 is 0. The molecule has 1 aliphatic rings. The van der Waals surface area contributed by atoms with Gasteiger partial charge in [-0.25, -0.2) is 9.05 Å². The molecule has 1 saturated heterocycles. The van der Waals surface area contributed by atoms with Gasteiger partial charge in [-0.15, -0.1) is 0 Å². The van der Waals surface area contributed by atoms with Crippen LogP contribution in [0, 0.1) is 11.8 Å². The molecule has 0 bridgehead atoms. The Morgan fingerprint density at radius 3 is 2.28 bits per heavy atom. The minimum absolute atomic E-state index is 0.433.